The maximum Gasteiger partial charge on any atom is 0.274 e. The van der Waals surface area contributed by atoms with E-state index in [0.29, 0.717) is 16.5 Å². The van der Waals surface area contributed by atoms with Gasteiger partial charge in [0.2, 0.25) is 5.82 Å². The third-order valence-electron chi connectivity index (χ3n) is 3.27. The summed E-state index contributed by atoms with van der Waals surface area (Å²) >= 11 is 5.83. The van der Waals surface area contributed by atoms with E-state index in [0.717, 1.165) is 10.4 Å². The number of rotatable bonds is 4. The molecule has 0 atom stereocenters. The monoisotopic (exact) mass is 344 g/mol. The number of imide groups is 1. The summed E-state index contributed by atoms with van der Waals surface area (Å²) in [6.45, 7) is -0.212. The Morgan fingerprint density at radius 3 is 2.62 bits per heavy atom. The Morgan fingerprint density at radius 2 is 1.96 bits per heavy atom. The zero-order chi connectivity index (χ0) is 17.1. The van der Waals surface area contributed by atoms with Crippen LogP contribution in [-0.4, -0.2) is 36.6 Å². The molecule has 2 heterocycles. The van der Waals surface area contributed by atoms with Crippen LogP contribution in [0.5, 0.6) is 0 Å². The Kier molecular flexibility index (Phi) is 4.39. The highest BCUT2D eigenvalue weighted by Gasteiger charge is 2.14. The molecule has 0 aliphatic rings. The van der Waals surface area contributed by atoms with Crippen LogP contribution < -0.4 is 5.32 Å². The highest BCUT2D eigenvalue weighted by Crippen LogP contribution is 2.16. The van der Waals surface area contributed by atoms with E-state index in [1.54, 1.807) is 54.2 Å². The van der Waals surface area contributed by atoms with Crippen LogP contribution in [0.1, 0.15) is 10.5 Å². The van der Waals surface area contributed by atoms with Gasteiger partial charge in [0.1, 0.15) is 12.2 Å². The predicted molar refractivity (Wildman–Crippen MR) is 86.1 cm³/mol. The first-order valence-corrected chi connectivity index (χ1v) is 7.40. The van der Waals surface area contributed by atoms with Crippen LogP contribution in [0.4, 0.5) is 0 Å². The molecule has 0 spiro atoms. The maximum atomic E-state index is 12.0. The van der Waals surface area contributed by atoms with Gasteiger partial charge in [0.25, 0.3) is 11.8 Å². The van der Waals surface area contributed by atoms with E-state index in [1.807, 2.05) is 0 Å². The molecule has 122 valence electrons. The molecule has 1 aromatic carbocycles. The summed E-state index contributed by atoms with van der Waals surface area (Å²) in [6.07, 6.45) is 1.72. The lowest BCUT2D eigenvalue weighted by Crippen LogP contribution is -2.34. The van der Waals surface area contributed by atoms with Crippen LogP contribution in [0.3, 0.4) is 0 Å². The molecular weight excluding hydrogens is 332 g/mol. The fraction of sp³-hybridized carbons (Fsp3) is 0.133. The topological polar surface area (TPSA) is 94.7 Å². The molecule has 3 rings (SSSR count). The van der Waals surface area contributed by atoms with Crippen molar-refractivity contribution in [3.63, 3.8) is 0 Å². The quantitative estimate of drug-likeness (QED) is 0.769. The van der Waals surface area contributed by atoms with Gasteiger partial charge in [-0.25, -0.2) is 0 Å². The van der Waals surface area contributed by atoms with Gasteiger partial charge in [0.05, 0.1) is 0 Å². The average molecular weight is 345 g/mol. The molecule has 0 bridgehead atoms. The van der Waals surface area contributed by atoms with E-state index in [2.05, 4.69) is 20.7 Å². The number of aromatic nitrogens is 5. The van der Waals surface area contributed by atoms with Crippen LogP contribution >= 0.6 is 11.6 Å². The van der Waals surface area contributed by atoms with Crippen molar-refractivity contribution in [2.24, 2.45) is 7.05 Å². The van der Waals surface area contributed by atoms with Crippen LogP contribution in [0.15, 0.2) is 42.6 Å². The summed E-state index contributed by atoms with van der Waals surface area (Å²) in [5.41, 5.74) is 1.11. The molecule has 0 fully saturated rings. The molecule has 1 N–H and O–H groups in total. The van der Waals surface area contributed by atoms with Crippen molar-refractivity contribution in [3.05, 3.63) is 53.3 Å². The second-order valence-corrected chi connectivity index (χ2v) is 5.47. The molecule has 3 aromatic rings. The van der Waals surface area contributed by atoms with Gasteiger partial charge >= 0.3 is 0 Å². The molecular formula is C15H13ClN6O2. The van der Waals surface area contributed by atoms with E-state index < -0.39 is 11.8 Å². The molecule has 0 saturated heterocycles. The normalized spacial score (nSPS) is 10.6. The Labute approximate surface area is 142 Å². The molecule has 8 nitrogen and oxygen atoms in total. The Balaban J connectivity index is 1.64. The van der Waals surface area contributed by atoms with Crippen LogP contribution in [-0.2, 0) is 18.4 Å². The third-order valence-corrected chi connectivity index (χ3v) is 3.52. The first-order valence-electron chi connectivity index (χ1n) is 7.02. The smallest absolute Gasteiger partial charge is 0.274 e. The standard InChI is InChI=1S/C15H13ClN6O2/c1-21-8-2-3-12(21)15(24)17-13(23)9-22-19-14(18-20-22)10-4-6-11(16)7-5-10/h2-8H,9H2,1H3,(H,17,23,24). The van der Waals surface area contributed by atoms with E-state index in [1.165, 1.54) is 0 Å². The van der Waals surface area contributed by atoms with Crippen molar-refractivity contribution < 1.29 is 9.59 Å². The number of hydrogen-bond acceptors (Lipinski definition) is 5. The number of tetrazole rings is 1. The van der Waals surface area contributed by atoms with Crippen LogP contribution in [0, 0.1) is 0 Å². The van der Waals surface area contributed by atoms with Gasteiger partial charge in [-0.1, -0.05) is 11.6 Å². The van der Waals surface area contributed by atoms with Crippen molar-refractivity contribution in [1.82, 2.24) is 30.1 Å². The molecule has 2 amide bonds. The van der Waals surface area contributed by atoms with E-state index in [-0.39, 0.29) is 6.54 Å². The van der Waals surface area contributed by atoms with E-state index in [9.17, 15) is 9.59 Å². The van der Waals surface area contributed by atoms with Gasteiger partial charge in [0.15, 0.2) is 0 Å². The van der Waals surface area contributed by atoms with Crippen molar-refractivity contribution in [1.29, 1.82) is 0 Å². The molecule has 0 aliphatic heterocycles. The molecule has 0 unspecified atom stereocenters. The van der Waals surface area contributed by atoms with Crippen LogP contribution in [0.2, 0.25) is 5.02 Å². The molecule has 0 aliphatic carbocycles. The summed E-state index contributed by atoms with van der Waals surface area (Å²) in [4.78, 5) is 25.0. The number of benzene rings is 1. The summed E-state index contributed by atoms with van der Waals surface area (Å²) in [5, 5.41) is 14.7. The second-order valence-electron chi connectivity index (χ2n) is 5.03. The summed E-state index contributed by atoms with van der Waals surface area (Å²) in [6, 6.07) is 10.3. The van der Waals surface area contributed by atoms with Gasteiger partial charge in [-0.2, -0.15) is 4.80 Å². The minimum Gasteiger partial charge on any atom is -0.347 e. The largest absolute Gasteiger partial charge is 0.347 e. The van der Waals surface area contributed by atoms with Crippen LogP contribution in [0.25, 0.3) is 11.4 Å². The predicted octanol–water partition coefficient (Wildman–Crippen LogP) is 1.29. The zero-order valence-corrected chi connectivity index (χ0v) is 13.4. The first kappa shape index (κ1) is 15.9. The fourth-order valence-electron chi connectivity index (χ4n) is 2.08. The van der Waals surface area contributed by atoms with Crippen molar-refractivity contribution in [2.75, 3.05) is 0 Å². The van der Waals surface area contributed by atoms with E-state index >= 15 is 0 Å². The lowest BCUT2D eigenvalue weighted by Gasteiger charge is -2.04. The van der Waals surface area contributed by atoms with Gasteiger partial charge in [-0.3, -0.25) is 14.9 Å². The number of halogens is 1. The van der Waals surface area contributed by atoms with Crippen molar-refractivity contribution >= 4 is 23.4 Å². The highest BCUT2D eigenvalue weighted by atomic mass is 35.5. The second kappa shape index (κ2) is 6.63. The molecule has 9 heteroatoms. The summed E-state index contributed by atoms with van der Waals surface area (Å²) in [7, 11) is 1.72. The zero-order valence-electron chi connectivity index (χ0n) is 12.7. The number of nitrogens with one attached hydrogen (secondary N) is 1. The first-order chi connectivity index (χ1) is 11.5. The Morgan fingerprint density at radius 1 is 1.21 bits per heavy atom. The number of amides is 2. The Bertz CT molecular complexity index is 884. The number of nitrogens with zero attached hydrogens (tertiary/aromatic N) is 5. The number of aryl methyl sites for hydroxylation is 1. The van der Waals surface area contributed by atoms with Gasteiger partial charge in [-0.15, -0.1) is 10.2 Å². The highest BCUT2D eigenvalue weighted by molar-refractivity contribution is 6.30. The minimum absolute atomic E-state index is 0.212. The molecule has 24 heavy (non-hydrogen) atoms. The maximum absolute atomic E-state index is 12.0. The van der Waals surface area contributed by atoms with Crippen molar-refractivity contribution in [2.45, 2.75) is 6.54 Å². The van der Waals surface area contributed by atoms with Gasteiger partial charge < -0.3 is 4.57 Å². The lowest BCUT2D eigenvalue weighted by molar-refractivity contribution is -0.121. The number of carbonyl (C=O) groups excluding carboxylic acids is 2. The average Bonchev–Trinajstić information content (AvgIpc) is 3.17. The van der Waals surface area contributed by atoms with Crippen molar-refractivity contribution in [3.8, 4) is 11.4 Å². The Hall–Kier alpha value is -3.00. The molecule has 0 radical (unpaired) electrons. The van der Waals surface area contributed by atoms with E-state index in [4.69, 9.17) is 11.6 Å². The third kappa shape index (κ3) is 3.49. The summed E-state index contributed by atoms with van der Waals surface area (Å²) in [5.74, 6) is -0.639. The molecule has 0 saturated carbocycles. The lowest BCUT2D eigenvalue weighted by atomic mass is 10.2. The summed E-state index contributed by atoms with van der Waals surface area (Å²) < 4.78 is 1.62. The van der Waals surface area contributed by atoms with Gasteiger partial charge in [-0.05, 0) is 41.6 Å². The number of hydrogen-bond donors (Lipinski definition) is 1. The van der Waals surface area contributed by atoms with Gasteiger partial charge in [0, 0.05) is 23.8 Å². The molecule has 2 aromatic heterocycles. The minimum atomic E-state index is -0.527. The SMILES string of the molecule is Cn1cccc1C(=O)NC(=O)Cn1nnc(-c2ccc(Cl)cc2)n1. The fourth-order valence-corrected chi connectivity index (χ4v) is 2.21. The number of carbonyl (C=O) groups is 2.